The zero-order valence-electron chi connectivity index (χ0n) is 16.4. The second-order valence-corrected chi connectivity index (χ2v) is 7.21. The summed E-state index contributed by atoms with van der Waals surface area (Å²) in [4.78, 5) is 26.1. The summed E-state index contributed by atoms with van der Waals surface area (Å²) in [6.45, 7) is 3.89. The van der Waals surface area contributed by atoms with E-state index in [2.05, 4.69) is 0 Å². The van der Waals surface area contributed by atoms with Crippen molar-refractivity contribution < 1.29 is 19.1 Å². The fraction of sp³-hybridized carbons (Fsp3) is 0.167. The van der Waals surface area contributed by atoms with Gasteiger partial charge < -0.3 is 9.47 Å². The summed E-state index contributed by atoms with van der Waals surface area (Å²) in [5, 5.41) is 0.370. The van der Waals surface area contributed by atoms with Crippen LogP contribution in [-0.2, 0) is 4.74 Å². The molecule has 0 bridgehead atoms. The molecular weight excluding hydrogens is 388 g/mol. The summed E-state index contributed by atoms with van der Waals surface area (Å²) >= 11 is 6.03. The fourth-order valence-corrected chi connectivity index (χ4v) is 3.07. The third-order valence-electron chi connectivity index (χ3n) is 4.56. The number of benzene rings is 3. The summed E-state index contributed by atoms with van der Waals surface area (Å²) in [5.74, 6) is -0.663. The quantitative estimate of drug-likeness (QED) is 0.385. The molecule has 3 aromatic rings. The van der Waals surface area contributed by atoms with Crippen LogP contribution in [0.15, 0.2) is 66.7 Å². The maximum atomic E-state index is 13.2. The molecule has 0 aliphatic heterocycles. The van der Waals surface area contributed by atoms with Crippen LogP contribution in [-0.4, -0.2) is 18.9 Å². The smallest absolute Gasteiger partial charge is 0.343 e. The van der Waals surface area contributed by atoms with E-state index >= 15 is 0 Å². The van der Waals surface area contributed by atoms with Gasteiger partial charge in [-0.25, -0.2) is 4.79 Å². The Morgan fingerprint density at radius 2 is 1.45 bits per heavy atom. The first-order valence-corrected chi connectivity index (χ1v) is 9.49. The van der Waals surface area contributed by atoms with E-state index in [9.17, 15) is 9.59 Å². The van der Waals surface area contributed by atoms with Crippen LogP contribution >= 0.6 is 11.6 Å². The Morgan fingerprint density at radius 1 is 0.862 bits per heavy atom. The summed E-state index contributed by atoms with van der Waals surface area (Å²) in [6, 6.07) is 19.1. The SMILES string of the molecule is COc1ccc(Cl)cc1C(=O)O[C@H](C(=O)c1ccc(C)cc1)c1ccc(C)cc1. The topological polar surface area (TPSA) is 52.6 Å². The second kappa shape index (κ2) is 8.93. The van der Waals surface area contributed by atoms with Crippen molar-refractivity contribution in [2.45, 2.75) is 20.0 Å². The Kier molecular flexibility index (Phi) is 6.35. The van der Waals surface area contributed by atoms with Gasteiger partial charge in [-0.15, -0.1) is 0 Å². The summed E-state index contributed by atoms with van der Waals surface area (Å²) in [6.07, 6.45) is -1.09. The van der Waals surface area contributed by atoms with Crippen LogP contribution in [0.3, 0.4) is 0 Å². The monoisotopic (exact) mass is 408 g/mol. The van der Waals surface area contributed by atoms with E-state index in [1.54, 1.807) is 36.4 Å². The average molecular weight is 409 g/mol. The lowest BCUT2D eigenvalue weighted by Crippen LogP contribution is -2.21. The Labute approximate surface area is 175 Å². The van der Waals surface area contributed by atoms with Gasteiger partial charge in [0.1, 0.15) is 11.3 Å². The molecular formula is C24H21ClO4. The highest BCUT2D eigenvalue weighted by atomic mass is 35.5. The molecule has 0 amide bonds. The summed E-state index contributed by atoms with van der Waals surface area (Å²) < 4.78 is 10.9. The molecule has 4 nitrogen and oxygen atoms in total. The van der Waals surface area contributed by atoms with Crippen molar-refractivity contribution in [2.24, 2.45) is 0 Å². The molecule has 0 aliphatic carbocycles. The van der Waals surface area contributed by atoms with Crippen molar-refractivity contribution in [3.8, 4) is 5.75 Å². The third-order valence-corrected chi connectivity index (χ3v) is 4.80. The predicted molar refractivity (Wildman–Crippen MR) is 113 cm³/mol. The van der Waals surface area contributed by atoms with Crippen LogP contribution < -0.4 is 4.74 Å². The minimum absolute atomic E-state index is 0.161. The molecule has 29 heavy (non-hydrogen) atoms. The van der Waals surface area contributed by atoms with Crippen LogP contribution in [0.25, 0.3) is 0 Å². The van der Waals surface area contributed by atoms with Gasteiger partial charge in [-0.3, -0.25) is 4.79 Å². The lowest BCUT2D eigenvalue weighted by Gasteiger charge is -2.19. The highest BCUT2D eigenvalue weighted by Crippen LogP contribution is 2.28. The number of hydrogen-bond donors (Lipinski definition) is 0. The largest absolute Gasteiger partial charge is 0.496 e. The van der Waals surface area contributed by atoms with Gasteiger partial charge in [0.2, 0.25) is 5.78 Å². The molecule has 3 aromatic carbocycles. The molecule has 5 heteroatoms. The van der Waals surface area contributed by atoms with E-state index in [1.807, 2.05) is 38.1 Å². The van der Waals surface area contributed by atoms with Gasteiger partial charge in [-0.1, -0.05) is 71.3 Å². The minimum Gasteiger partial charge on any atom is -0.496 e. The molecule has 0 aromatic heterocycles. The number of esters is 1. The highest BCUT2D eigenvalue weighted by molar-refractivity contribution is 6.31. The molecule has 0 fully saturated rings. The lowest BCUT2D eigenvalue weighted by atomic mass is 9.98. The van der Waals surface area contributed by atoms with Crippen LogP contribution in [0, 0.1) is 13.8 Å². The molecule has 0 unspecified atom stereocenters. The van der Waals surface area contributed by atoms with E-state index < -0.39 is 12.1 Å². The normalized spacial score (nSPS) is 11.6. The number of methoxy groups -OCH3 is 1. The molecule has 0 spiro atoms. The van der Waals surface area contributed by atoms with Crippen molar-refractivity contribution in [3.63, 3.8) is 0 Å². The Balaban J connectivity index is 1.98. The van der Waals surface area contributed by atoms with Gasteiger partial charge in [0, 0.05) is 16.1 Å². The lowest BCUT2D eigenvalue weighted by molar-refractivity contribution is 0.0277. The van der Waals surface area contributed by atoms with Crippen molar-refractivity contribution >= 4 is 23.4 Å². The zero-order chi connectivity index (χ0) is 21.0. The first-order chi connectivity index (χ1) is 13.9. The molecule has 0 saturated carbocycles. The number of ketones is 1. The van der Waals surface area contributed by atoms with E-state index in [4.69, 9.17) is 21.1 Å². The number of Topliss-reactive ketones (excluding diaryl/α,β-unsaturated/α-hetero) is 1. The number of ether oxygens (including phenoxy) is 2. The van der Waals surface area contributed by atoms with Crippen molar-refractivity contribution in [1.29, 1.82) is 0 Å². The zero-order valence-corrected chi connectivity index (χ0v) is 17.2. The number of carbonyl (C=O) groups excluding carboxylic acids is 2. The van der Waals surface area contributed by atoms with Crippen molar-refractivity contribution in [3.05, 3.63) is 99.6 Å². The minimum atomic E-state index is -1.09. The maximum absolute atomic E-state index is 13.2. The molecule has 0 N–H and O–H groups in total. The predicted octanol–water partition coefficient (Wildman–Crippen LogP) is 5.75. The van der Waals surface area contributed by atoms with E-state index in [1.165, 1.54) is 13.2 Å². The highest BCUT2D eigenvalue weighted by Gasteiger charge is 2.28. The standard InChI is InChI=1S/C24H21ClO4/c1-15-4-8-17(9-5-15)22(26)23(18-10-6-16(2)7-11-18)29-24(27)20-14-19(25)12-13-21(20)28-3/h4-14,23H,1-3H3/t23-/m0/s1. The number of rotatable bonds is 6. The van der Waals surface area contributed by atoms with Gasteiger partial charge in [0.25, 0.3) is 0 Å². The number of carbonyl (C=O) groups is 2. The molecule has 0 aliphatic rings. The van der Waals surface area contributed by atoms with Crippen LogP contribution in [0.4, 0.5) is 0 Å². The van der Waals surface area contributed by atoms with E-state index in [-0.39, 0.29) is 11.3 Å². The Morgan fingerprint density at radius 3 is 2.03 bits per heavy atom. The first kappa shape index (κ1) is 20.6. The van der Waals surface area contributed by atoms with Gasteiger partial charge in [0.05, 0.1) is 7.11 Å². The Bertz CT molecular complexity index is 1020. The van der Waals surface area contributed by atoms with Crippen molar-refractivity contribution in [1.82, 2.24) is 0 Å². The molecule has 0 radical (unpaired) electrons. The number of hydrogen-bond acceptors (Lipinski definition) is 4. The van der Waals surface area contributed by atoms with Gasteiger partial charge >= 0.3 is 5.97 Å². The molecule has 148 valence electrons. The van der Waals surface area contributed by atoms with Crippen LogP contribution in [0.2, 0.25) is 5.02 Å². The average Bonchev–Trinajstić information content (AvgIpc) is 2.72. The van der Waals surface area contributed by atoms with Gasteiger partial charge in [-0.05, 0) is 32.0 Å². The molecule has 0 saturated heterocycles. The maximum Gasteiger partial charge on any atom is 0.343 e. The second-order valence-electron chi connectivity index (χ2n) is 6.77. The summed E-state index contributed by atoms with van der Waals surface area (Å²) in [7, 11) is 1.45. The molecule has 3 rings (SSSR count). The number of halogens is 1. The van der Waals surface area contributed by atoms with Crippen molar-refractivity contribution in [2.75, 3.05) is 7.11 Å². The fourth-order valence-electron chi connectivity index (χ4n) is 2.89. The molecule has 1 atom stereocenters. The van der Waals surface area contributed by atoms with E-state index in [0.29, 0.717) is 21.9 Å². The Hall–Kier alpha value is -3.11. The van der Waals surface area contributed by atoms with Crippen LogP contribution in [0.5, 0.6) is 5.75 Å². The third kappa shape index (κ3) is 4.84. The van der Waals surface area contributed by atoms with Gasteiger partial charge in [0.15, 0.2) is 6.10 Å². The van der Waals surface area contributed by atoms with Crippen LogP contribution in [0.1, 0.15) is 43.5 Å². The summed E-state index contributed by atoms with van der Waals surface area (Å²) in [5.41, 5.74) is 3.29. The first-order valence-electron chi connectivity index (χ1n) is 9.11. The molecule has 0 heterocycles. The van der Waals surface area contributed by atoms with Gasteiger partial charge in [-0.2, -0.15) is 0 Å². The van der Waals surface area contributed by atoms with E-state index in [0.717, 1.165) is 11.1 Å². The number of aryl methyl sites for hydroxylation is 2.